The lowest BCUT2D eigenvalue weighted by molar-refractivity contribution is -0.304. The van der Waals surface area contributed by atoms with E-state index in [-0.39, 0.29) is 17.4 Å². The second kappa shape index (κ2) is 7.40. The summed E-state index contributed by atoms with van der Waals surface area (Å²) in [6, 6.07) is 1.34. The van der Waals surface area contributed by atoms with Crippen molar-refractivity contribution in [1.82, 2.24) is 5.32 Å². The summed E-state index contributed by atoms with van der Waals surface area (Å²) in [5.74, 6) is -10.6. The summed E-state index contributed by atoms with van der Waals surface area (Å²) < 4.78 is 164. The maximum Gasteiger partial charge on any atom is 0.463 e. The highest BCUT2D eigenvalue weighted by molar-refractivity contribution is 7.89. The van der Waals surface area contributed by atoms with Gasteiger partial charge in [-0.3, -0.25) is 4.79 Å². The minimum atomic E-state index is -6.81. The summed E-state index contributed by atoms with van der Waals surface area (Å²) in [6.07, 6.45) is -20.2. The molecule has 1 amide bonds. The number of primary sulfonamides is 1. The van der Waals surface area contributed by atoms with Gasteiger partial charge in [0.1, 0.15) is 0 Å². The summed E-state index contributed by atoms with van der Waals surface area (Å²) in [5, 5.41) is 4.90. The van der Waals surface area contributed by atoms with Crippen LogP contribution < -0.4 is 15.8 Å². The molecule has 1 rings (SSSR count). The first-order valence-electron chi connectivity index (χ1n) is 6.88. The molecule has 0 heterocycles. The molecule has 6 nitrogen and oxygen atoms in total. The predicted octanol–water partition coefficient (Wildman–Crippen LogP) is 2.88. The number of anilines is 1. The van der Waals surface area contributed by atoms with E-state index < -0.39 is 56.6 Å². The van der Waals surface area contributed by atoms with Gasteiger partial charge in [-0.05, 0) is 24.3 Å². The number of hydrogen-bond acceptors (Lipinski definition) is 4. The normalized spacial score (nSPS) is 14.4. The van der Waals surface area contributed by atoms with E-state index >= 15 is 0 Å². The third-order valence-corrected chi connectivity index (χ3v) is 4.24. The maximum absolute atomic E-state index is 13.2. The van der Waals surface area contributed by atoms with Crippen LogP contribution >= 0.6 is 0 Å². The molecule has 0 saturated carbocycles. The number of halogens is 11. The van der Waals surface area contributed by atoms with Crippen LogP contribution in [0.2, 0.25) is 0 Å². The first-order valence-corrected chi connectivity index (χ1v) is 8.42. The SMILES string of the molecule is NS(=O)(=O)c1ccc(NC(NC(=O)C(F)(F)C(F)(F)F)(C(F)(F)F)C(F)(F)F)cc1. The minimum Gasteiger partial charge on any atom is -0.348 e. The Morgan fingerprint density at radius 1 is 0.767 bits per heavy atom. The fourth-order valence-electron chi connectivity index (χ4n) is 1.80. The van der Waals surface area contributed by atoms with Gasteiger partial charge in [0.05, 0.1) is 4.90 Å². The van der Waals surface area contributed by atoms with Crippen LogP contribution in [-0.2, 0) is 14.8 Å². The Balaban J connectivity index is 3.55. The molecule has 0 spiro atoms. The molecule has 0 aliphatic heterocycles. The number of carbonyl (C=O) groups is 1. The zero-order valence-corrected chi connectivity index (χ0v) is 14.5. The van der Waals surface area contributed by atoms with Gasteiger partial charge in [-0.1, -0.05) is 0 Å². The molecule has 0 unspecified atom stereocenters. The van der Waals surface area contributed by atoms with Crippen LogP contribution in [0.15, 0.2) is 29.2 Å². The average molecular weight is 483 g/mol. The number of carbonyl (C=O) groups excluding carboxylic acids is 1. The van der Waals surface area contributed by atoms with Gasteiger partial charge in [0.2, 0.25) is 10.0 Å². The molecular weight excluding hydrogens is 475 g/mol. The van der Waals surface area contributed by atoms with Crippen molar-refractivity contribution in [1.29, 1.82) is 0 Å². The van der Waals surface area contributed by atoms with Crippen molar-refractivity contribution in [2.24, 2.45) is 5.14 Å². The van der Waals surface area contributed by atoms with Crippen LogP contribution in [0.4, 0.5) is 54.0 Å². The van der Waals surface area contributed by atoms with Gasteiger partial charge in [-0.15, -0.1) is 0 Å². The maximum atomic E-state index is 13.2. The van der Waals surface area contributed by atoms with Crippen molar-refractivity contribution in [2.75, 3.05) is 5.32 Å². The predicted molar refractivity (Wildman–Crippen MR) is 75.4 cm³/mol. The van der Waals surface area contributed by atoms with Crippen LogP contribution in [0.5, 0.6) is 0 Å². The van der Waals surface area contributed by atoms with Crippen molar-refractivity contribution >= 4 is 21.6 Å². The number of rotatable bonds is 5. The fourth-order valence-corrected chi connectivity index (χ4v) is 2.31. The minimum absolute atomic E-state index is 0.264. The Bertz CT molecular complexity index is 875. The summed E-state index contributed by atoms with van der Waals surface area (Å²) in [6.45, 7) is 0. The lowest BCUT2D eigenvalue weighted by Crippen LogP contribution is -2.74. The largest absolute Gasteiger partial charge is 0.463 e. The number of sulfonamides is 1. The average Bonchev–Trinajstić information content (AvgIpc) is 2.50. The van der Waals surface area contributed by atoms with Crippen LogP contribution in [0, 0.1) is 0 Å². The topological polar surface area (TPSA) is 101 Å². The van der Waals surface area contributed by atoms with Crippen molar-refractivity contribution in [3.05, 3.63) is 24.3 Å². The number of alkyl halides is 11. The highest BCUT2D eigenvalue weighted by Crippen LogP contribution is 2.45. The third-order valence-electron chi connectivity index (χ3n) is 3.31. The van der Waals surface area contributed by atoms with E-state index in [9.17, 15) is 61.5 Å². The van der Waals surface area contributed by atoms with Gasteiger partial charge in [-0.25, -0.2) is 13.6 Å². The number of hydrogen-bond donors (Lipinski definition) is 3. The van der Waals surface area contributed by atoms with E-state index in [1.54, 1.807) is 0 Å². The Hall–Kier alpha value is -2.37. The molecule has 172 valence electrons. The molecule has 4 N–H and O–H groups in total. The van der Waals surface area contributed by atoms with Crippen LogP contribution in [0.25, 0.3) is 0 Å². The lowest BCUT2D eigenvalue weighted by Gasteiger charge is -2.39. The first-order chi connectivity index (χ1) is 13.1. The van der Waals surface area contributed by atoms with Crippen LogP contribution in [0.1, 0.15) is 0 Å². The molecule has 1 aromatic carbocycles. The van der Waals surface area contributed by atoms with E-state index in [1.807, 2.05) is 0 Å². The molecule has 0 saturated heterocycles. The molecule has 0 aliphatic carbocycles. The van der Waals surface area contributed by atoms with Gasteiger partial charge in [0.25, 0.3) is 0 Å². The van der Waals surface area contributed by atoms with Crippen LogP contribution in [-0.4, -0.2) is 44.4 Å². The molecule has 18 heteroatoms. The van der Waals surface area contributed by atoms with Gasteiger partial charge in [0, 0.05) is 5.69 Å². The molecule has 1 aromatic rings. The fraction of sp³-hybridized carbons (Fsp3) is 0.417. The molecule has 0 fully saturated rings. The van der Waals surface area contributed by atoms with Gasteiger partial charge in [0.15, 0.2) is 0 Å². The monoisotopic (exact) mass is 483 g/mol. The van der Waals surface area contributed by atoms with E-state index in [4.69, 9.17) is 0 Å². The Labute approximate surface area is 159 Å². The Morgan fingerprint density at radius 2 is 1.17 bits per heavy atom. The van der Waals surface area contributed by atoms with E-state index in [0.717, 1.165) is 0 Å². The summed E-state index contributed by atoms with van der Waals surface area (Å²) in [4.78, 5) is 10.3. The smallest absolute Gasteiger partial charge is 0.348 e. The number of benzene rings is 1. The standard InChI is InChI=1S/C12H8F11N3O3S/c13-8(14,10(15,16)17)7(27)26-9(11(18,19)20,12(21,22)23)25-5-1-3-6(4-2-5)30(24,28)29/h1-4,25H,(H,26,27)(H2,24,28,29). The quantitative estimate of drug-likeness (QED) is 0.443. The molecule has 0 aliphatic rings. The van der Waals surface area contributed by atoms with Crippen molar-refractivity contribution in [3.8, 4) is 0 Å². The van der Waals surface area contributed by atoms with Crippen LogP contribution in [0.3, 0.4) is 0 Å². The second-order valence-electron chi connectivity index (χ2n) is 5.47. The zero-order chi connectivity index (χ0) is 24.0. The summed E-state index contributed by atoms with van der Waals surface area (Å²) in [5.41, 5.74) is -7.08. The molecule has 0 radical (unpaired) electrons. The Morgan fingerprint density at radius 3 is 1.47 bits per heavy atom. The van der Waals surface area contributed by atoms with Gasteiger partial charge >= 0.3 is 36.0 Å². The third kappa shape index (κ3) is 4.85. The summed E-state index contributed by atoms with van der Waals surface area (Å²) >= 11 is 0. The Kier molecular flexibility index (Phi) is 6.33. The molecule has 30 heavy (non-hydrogen) atoms. The molecular formula is C12H8F11N3O3S. The highest BCUT2D eigenvalue weighted by Gasteiger charge is 2.75. The molecule has 0 bridgehead atoms. The van der Waals surface area contributed by atoms with Gasteiger partial charge in [-0.2, -0.15) is 48.3 Å². The number of nitrogens with one attached hydrogen (secondary N) is 2. The van der Waals surface area contributed by atoms with Crippen molar-refractivity contribution < 1.29 is 61.5 Å². The van der Waals surface area contributed by atoms with Gasteiger partial charge < -0.3 is 10.6 Å². The zero-order valence-electron chi connectivity index (χ0n) is 13.7. The molecule has 0 aromatic heterocycles. The second-order valence-corrected chi connectivity index (χ2v) is 7.03. The van der Waals surface area contributed by atoms with Crippen molar-refractivity contribution in [3.63, 3.8) is 0 Å². The van der Waals surface area contributed by atoms with Crippen molar-refractivity contribution in [2.45, 2.75) is 35.0 Å². The molecule has 0 atom stereocenters. The number of nitrogens with two attached hydrogens (primary N) is 1. The number of amides is 1. The lowest BCUT2D eigenvalue weighted by atomic mass is 10.1. The van der Waals surface area contributed by atoms with E-state index in [2.05, 4.69) is 5.14 Å². The first kappa shape index (κ1) is 25.7. The van der Waals surface area contributed by atoms with E-state index in [0.29, 0.717) is 17.4 Å². The summed E-state index contributed by atoms with van der Waals surface area (Å²) in [7, 11) is -4.44. The highest BCUT2D eigenvalue weighted by atomic mass is 32.2. The van der Waals surface area contributed by atoms with E-state index in [1.165, 1.54) is 0 Å².